The molecule has 0 saturated heterocycles. The van der Waals surface area contributed by atoms with Crippen molar-refractivity contribution in [1.29, 1.82) is 0 Å². The molecule has 2 N–H and O–H groups in total. The van der Waals surface area contributed by atoms with Crippen LogP contribution in [0.3, 0.4) is 0 Å². The lowest BCUT2D eigenvalue weighted by atomic mass is 9.56. The summed E-state index contributed by atoms with van der Waals surface area (Å²) < 4.78 is 0. The van der Waals surface area contributed by atoms with Crippen molar-refractivity contribution < 1.29 is 10.2 Å². The van der Waals surface area contributed by atoms with Crippen molar-refractivity contribution in [3.05, 3.63) is 71.3 Å². The summed E-state index contributed by atoms with van der Waals surface area (Å²) in [6.45, 7) is 2.11. The van der Waals surface area contributed by atoms with Crippen LogP contribution in [-0.4, -0.2) is 16.3 Å². The minimum atomic E-state index is -1.14. The summed E-state index contributed by atoms with van der Waals surface area (Å²) >= 11 is 0. The number of aliphatic hydroxyl groups is 2. The molecule has 1 saturated carbocycles. The zero-order chi connectivity index (χ0) is 16.0. The maximum absolute atomic E-state index is 11.4. The van der Waals surface area contributed by atoms with Gasteiger partial charge in [0, 0.05) is 0 Å². The van der Waals surface area contributed by atoms with Gasteiger partial charge in [0.15, 0.2) is 0 Å². The van der Waals surface area contributed by atoms with E-state index in [0.717, 1.165) is 18.4 Å². The van der Waals surface area contributed by atoms with E-state index in [9.17, 15) is 10.2 Å². The molecular formula is C21H24O2. The molecule has 0 heterocycles. The van der Waals surface area contributed by atoms with Crippen molar-refractivity contribution in [2.45, 2.75) is 43.8 Å². The largest absolute Gasteiger partial charge is 0.390 e. The molecule has 4 rings (SSSR count). The van der Waals surface area contributed by atoms with Crippen molar-refractivity contribution in [2.24, 2.45) is 11.8 Å². The highest BCUT2D eigenvalue weighted by atomic mass is 16.3. The monoisotopic (exact) mass is 308 g/mol. The summed E-state index contributed by atoms with van der Waals surface area (Å²) in [5.74, 6) is 0.805. The second kappa shape index (κ2) is 5.47. The van der Waals surface area contributed by atoms with E-state index in [1.165, 1.54) is 11.1 Å². The Balaban J connectivity index is 1.75. The van der Waals surface area contributed by atoms with Crippen LogP contribution < -0.4 is 0 Å². The van der Waals surface area contributed by atoms with E-state index in [2.05, 4.69) is 31.2 Å². The summed E-state index contributed by atoms with van der Waals surface area (Å²) in [6, 6.07) is 18.3. The number of hydrogen-bond donors (Lipinski definition) is 2. The molecule has 1 fully saturated rings. The van der Waals surface area contributed by atoms with Crippen LogP contribution in [0.2, 0.25) is 0 Å². The second-order valence-corrected chi connectivity index (χ2v) is 7.24. The highest BCUT2D eigenvalue weighted by Gasteiger charge is 2.53. The van der Waals surface area contributed by atoms with Gasteiger partial charge < -0.3 is 10.2 Å². The number of aliphatic hydroxyl groups excluding tert-OH is 1. The van der Waals surface area contributed by atoms with Crippen LogP contribution >= 0.6 is 0 Å². The Morgan fingerprint density at radius 2 is 1.70 bits per heavy atom. The Labute approximate surface area is 137 Å². The third-order valence-electron chi connectivity index (χ3n) is 6.28. The molecule has 0 aliphatic heterocycles. The lowest BCUT2D eigenvalue weighted by molar-refractivity contribution is -0.164. The fourth-order valence-electron chi connectivity index (χ4n) is 4.99. The van der Waals surface area contributed by atoms with Gasteiger partial charge in [0.1, 0.15) is 5.60 Å². The zero-order valence-electron chi connectivity index (χ0n) is 13.5. The molecule has 0 radical (unpaired) electrons. The summed E-state index contributed by atoms with van der Waals surface area (Å²) in [5, 5.41) is 22.3. The van der Waals surface area contributed by atoms with Gasteiger partial charge in [-0.25, -0.2) is 0 Å². The van der Waals surface area contributed by atoms with Gasteiger partial charge in [-0.1, -0.05) is 61.5 Å². The van der Waals surface area contributed by atoms with E-state index >= 15 is 0 Å². The van der Waals surface area contributed by atoms with Gasteiger partial charge in [0.05, 0.1) is 6.10 Å². The van der Waals surface area contributed by atoms with Gasteiger partial charge in [-0.05, 0) is 53.7 Å². The predicted molar refractivity (Wildman–Crippen MR) is 91.1 cm³/mol. The molecule has 5 atom stereocenters. The summed E-state index contributed by atoms with van der Waals surface area (Å²) in [5.41, 5.74) is 2.50. The van der Waals surface area contributed by atoms with Crippen LogP contribution in [0.1, 0.15) is 42.4 Å². The fraction of sp³-hybridized carbons (Fsp3) is 0.429. The number of rotatable bonds is 1. The SMILES string of the molecule is CC1C2CCc3ccccc3C2CC(O)C1(O)c1ccccc1. The van der Waals surface area contributed by atoms with Crippen molar-refractivity contribution in [3.63, 3.8) is 0 Å². The van der Waals surface area contributed by atoms with Crippen LogP contribution in [-0.2, 0) is 12.0 Å². The quantitative estimate of drug-likeness (QED) is 0.845. The molecule has 2 aromatic rings. The zero-order valence-corrected chi connectivity index (χ0v) is 13.5. The molecule has 2 heteroatoms. The molecule has 2 aliphatic carbocycles. The molecule has 120 valence electrons. The summed E-state index contributed by atoms with van der Waals surface area (Å²) in [6.07, 6.45) is 2.07. The van der Waals surface area contributed by atoms with Gasteiger partial charge in [-0.2, -0.15) is 0 Å². The Hall–Kier alpha value is -1.64. The Morgan fingerprint density at radius 1 is 1.00 bits per heavy atom. The first kappa shape index (κ1) is 14.9. The molecule has 0 spiro atoms. The van der Waals surface area contributed by atoms with E-state index in [0.29, 0.717) is 18.3 Å². The van der Waals surface area contributed by atoms with Gasteiger partial charge in [0.2, 0.25) is 0 Å². The Morgan fingerprint density at radius 3 is 2.48 bits per heavy atom. The average molecular weight is 308 g/mol. The molecular weight excluding hydrogens is 284 g/mol. The summed E-state index contributed by atoms with van der Waals surface area (Å²) in [4.78, 5) is 0. The number of fused-ring (bicyclic) bond motifs is 3. The summed E-state index contributed by atoms with van der Waals surface area (Å²) in [7, 11) is 0. The first-order valence-electron chi connectivity index (χ1n) is 8.66. The van der Waals surface area contributed by atoms with Gasteiger partial charge >= 0.3 is 0 Å². The minimum Gasteiger partial charge on any atom is -0.390 e. The normalized spacial score (nSPS) is 36.1. The van der Waals surface area contributed by atoms with Crippen LogP contribution in [0.4, 0.5) is 0 Å². The van der Waals surface area contributed by atoms with E-state index in [4.69, 9.17) is 0 Å². The van der Waals surface area contributed by atoms with Gasteiger partial charge in [-0.3, -0.25) is 0 Å². The highest BCUT2D eigenvalue weighted by molar-refractivity contribution is 5.36. The molecule has 0 bridgehead atoms. The average Bonchev–Trinajstić information content (AvgIpc) is 2.60. The number of hydrogen-bond acceptors (Lipinski definition) is 2. The molecule has 0 aromatic heterocycles. The fourth-order valence-corrected chi connectivity index (χ4v) is 4.99. The van der Waals surface area contributed by atoms with Crippen LogP contribution in [0, 0.1) is 11.8 Å². The topological polar surface area (TPSA) is 40.5 Å². The van der Waals surface area contributed by atoms with Crippen LogP contribution in [0.25, 0.3) is 0 Å². The molecule has 23 heavy (non-hydrogen) atoms. The van der Waals surface area contributed by atoms with Crippen LogP contribution in [0.5, 0.6) is 0 Å². The maximum atomic E-state index is 11.4. The maximum Gasteiger partial charge on any atom is 0.118 e. The molecule has 5 unspecified atom stereocenters. The van der Waals surface area contributed by atoms with Gasteiger partial charge in [-0.15, -0.1) is 0 Å². The van der Waals surface area contributed by atoms with Gasteiger partial charge in [0.25, 0.3) is 0 Å². The third-order valence-corrected chi connectivity index (χ3v) is 6.28. The van der Waals surface area contributed by atoms with E-state index < -0.39 is 11.7 Å². The second-order valence-electron chi connectivity index (χ2n) is 7.24. The standard InChI is InChI=1S/C21H24O2/c1-14-17-12-11-15-7-5-6-10-18(15)19(17)13-20(22)21(14,23)16-8-3-2-4-9-16/h2-10,14,17,19-20,22-23H,11-13H2,1H3. The smallest absolute Gasteiger partial charge is 0.118 e. The van der Waals surface area contributed by atoms with Crippen molar-refractivity contribution in [2.75, 3.05) is 0 Å². The third kappa shape index (κ3) is 2.16. The first-order valence-corrected chi connectivity index (χ1v) is 8.66. The molecule has 2 aromatic carbocycles. The van der Waals surface area contributed by atoms with Crippen molar-refractivity contribution in [3.8, 4) is 0 Å². The lowest BCUT2D eigenvalue weighted by Gasteiger charge is -2.52. The van der Waals surface area contributed by atoms with Crippen LogP contribution in [0.15, 0.2) is 54.6 Å². The number of benzene rings is 2. The van der Waals surface area contributed by atoms with E-state index in [1.807, 2.05) is 30.3 Å². The van der Waals surface area contributed by atoms with Crippen molar-refractivity contribution >= 4 is 0 Å². The number of aryl methyl sites for hydroxylation is 1. The Kier molecular flexibility index (Phi) is 3.55. The lowest BCUT2D eigenvalue weighted by Crippen LogP contribution is -2.54. The Bertz CT molecular complexity index is 696. The van der Waals surface area contributed by atoms with E-state index in [-0.39, 0.29) is 5.92 Å². The molecule has 2 aliphatic rings. The van der Waals surface area contributed by atoms with Crippen molar-refractivity contribution in [1.82, 2.24) is 0 Å². The molecule has 0 amide bonds. The highest BCUT2D eigenvalue weighted by Crippen LogP contribution is 2.54. The minimum absolute atomic E-state index is 0.0343. The molecule has 2 nitrogen and oxygen atoms in total. The predicted octanol–water partition coefficient (Wildman–Crippen LogP) is 3.62. The van der Waals surface area contributed by atoms with E-state index in [1.54, 1.807) is 0 Å². The first-order chi connectivity index (χ1) is 11.1.